The second kappa shape index (κ2) is 5.30. The van der Waals surface area contributed by atoms with Crippen molar-refractivity contribution in [2.45, 2.75) is 13.3 Å². The van der Waals surface area contributed by atoms with Crippen molar-refractivity contribution in [2.24, 2.45) is 0 Å². The van der Waals surface area contributed by atoms with Crippen LogP contribution in [0.4, 0.5) is 0 Å². The lowest BCUT2D eigenvalue weighted by molar-refractivity contribution is 0.103. The molecule has 0 heterocycles. The van der Waals surface area contributed by atoms with Gasteiger partial charge in [-0.25, -0.2) is 0 Å². The first-order valence-electron chi connectivity index (χ1n) is 6.82. The van der Waals surface area contributed by atoms with Crippen molar-refractivity contribution in [3.8, 4) is 0 Å². The van der Waals surface area contributed by atoms with Crippen LogP contribution in [0.15, 0.2) is 72.3 Å². The highest BCUT2D eigenvalue weighted by molar-refractivity contribution is 6.11. The van der Waals surface area contributed by atoms with Crippen molar-refractivity contribution in [3.63, 3.8) is 0 Å². The topological polar surface area (TPSA) is 17.1 Å². The summed E-state index contributed by atoms with van der Waals surface area (Å²) in [6.45, 7) is 2.09. The van der Waals surface area contributed by atoms with Gasteiger partial charge in [0.05, 0.1) is 0 Å². The molecule has 0 spiro atoms. The van der Waals surface area contributed by atoms with E-state index in [9.17, 15) is 4.79 Å². The van der Waals surface area contributed by atoms with E-state index in [0.717, 1.165) is 23.1 Å². The van der Waals surface area contributed by atoms with Gasteiger partial charge in [-0.05, 0) is 24.5 Å². The first-order valence-corrected chi connectivity index (χ1v) is 6.82. The Morgan fingerprint density at radius 3 is 2.35 bits per heavy atom. The minimum absolute atomic E-state index is 0.0895. The molecule has 0 radical (unpaired) electrons. The van der Waals surface area contributed by atoms with Crippen molar-refractivity contribution in [1.82, 2.24) is 0 Å². The number of ketones is 1. The van der Waals surface area contributed by atoms with Gasteiger partial charge in [0.25, 0.3) is 0 Å². The van der Waals surface area contributed by atoms with E-state index in [1.165, 1.54) is 11.1 Å². The number of carbonyl (C=O) groups is 1. The Hall–Kier alpha value is -2.41. The minimum atomic E-state index is 0.0895. The van der Waals surface area contributed by atoms with Crippen LogP contribution in [-0.2, 0) is 0 Å². The van der Waals surface area contributed by atoms with Crippen LogP contribution >= 0.6 is 0 Å². The maximum atomic E-state index is 12.7. The number of allylic oxidation sites excluding steroid dienone is 4. The Morgan fingerprint density at radius 2 is 1.65 bits per heavy atom. The average Bonchev–Trinajstić information content (AvgIpc) is 2.94. The van der Waals surface area contributed by atoms with Gasteiger partial charge < -0.3 is 0 Å². The molecule has 0 fully saturated rings. The monoisotopic (exact) mass is 260 g/mol. The van der Waals surface area contributed by atoms with Crippen molar-refractivity contribution in [3.05, 3.63) is 89.0 Å². The standard InChI is InChI=1S/C19H16O/c1-14-11-12-16(13-14)17-9-5-6-10-18(17)19(20)15-7-3-2-4-8-15/h2-11,13H,12H2,1H3. The van der Waals surface area contributed by atoms with Crippen molar-refractivity contribution in [1.29, 1.82) is 0 Å². The molecule has 3 rings (SSSR count). The van der Waals surface area contributed by atoms with E-state index >= 15 is 0 Å². The lowest BCUT2D eigenvalue weighted by atomic mass is 9.93. The fourth-order valence-electron chi connectivity index (χ4n) is 2.56. The maximum absolute atomic E-state index is 12.7. The summed E-state index contributed by atoms with van der Waals surface area (Å²) in [5.74, 6) is 0.0895. The fraction of sp³-hybridized carbons (Fsp3) is 0.105. The summed E-state index contributed by atoms with van der Waals surface area (Å²) in [7, 11) is 0. The molecule has 1 aliphatic carbocycles. The van der Waals surface area contributed by atoms with Gasteiger partial charge in [0.15, 0.2) is 5.78 Å². The van der Waals surface area contributed by atoms with Crippen molar-refractivity contribution < 1.29 is 4.79 Å². The second-order valence-corrected chi connectivity index (χ2v) is 5.06. The van der Waals surface area contributed by atoms with Crippen LogP contribution in [0.25, 0.3) is 5.57 Å². The zero-order valence-corrected chi connectivity index (χ0v) is 11.5. The highest BCUT2D eigenvalue weighted by Gasteiger charge is 2.16. The van der Waals surface area contributed by atoms with Crippen LogP contribution in [0.5, 0.6) is 0 Å². The molecule has 0 bridgehead atoms. The summed E-state index contributed by atoms with van der Waals surface area (Å²) in [4.78, 5) is 12.7. The summed E-state index contributed by atoms with van der Waals surface area (Å²) >= 11 is 0. The Morgan fingerprint density at radius 1 is 0.950 bits per heavy atom. The molecule has 0 unspecified atom stereocenters. The minimum Gasteiger partial charge on any atom is -0.289 e. The predicted molar refractivity (Wildman–Crippen MR) is 82.7 cm³/mol. The summed E-state index contributed by atoms with van der Waals surface area (Å²) in [6.07, 6.45) is 5.27. The normalized spacial score (nSPS) is 13.8. The third-order valence-corrected chi connectivity index (χ3v) is 3.60. The van der Waals surface area contributed by atoms with Gasteiger partial charge in [-0.2, -0.15) is 0 Å². The molecule has 0 N–H and O–H groups in total. The zero-order chi connectivity index (χ0) is 13.9. The zero-order valence-electron chi connectivity index (χ0n) is 11.5. The van der Waals surface area contributed by atoms with Gasteiger partial charge >= 0.3 is 0 Å². The quantitative estimate of drug-likeness (QED) is 0.734. The Bertz CT molecular complexity index is 706. The molecule has 0 aliphatic heterocycles. The molecule has 0 aromatic heterocycles. The Balaban J connectivity index is 2.03. The second-order valence-electron chi connectivity index (χ2n) is 5.06. The van der Waals surface area contributed by atoms with Gasteiger partial charge in [0.2, 0.25) is 0 Å². The first kappa shape index (κ1) is 12.6. The smallest absolute Gasteiger partial charge is 0.193 e. The number of benzene rings is 2. The SMILES string of the molecule is CC1=CCC(c2ccccc2C(=O)c2ccccc2)=C1. The van der Waals surface area contributed by atoms with E-state index in [1.54, 1.807) is 0 Å². The van der Waals surface area contributed by atoms with E-state index in [4.69, 9.17) is 0 Å². The molecule has 0 saturated heterocycles. The molecule has 1 heteroatoms. The number of hydrogen-bond acceptors (Lipinski definition) is 1. The average molecular weight is 260 g/mol. The van der Waals surface area contributed by atoms with E-state index in [1.807, 2.05) is 54.6 Å². The van der Waals surface area contributed by atoms with Crippen LogP contribution in [0, 0.1) is 0 Å². The van der Waals surface area contributed by atoms with Crippen LogP contribution in [0.1, 0.15) is 34.8 Å². The Labute approximate surface area is 119 Å². The van der Waals surface area contributed by atoms with E-state index in [-0.39, 0.29) is 5.78 Å². The van der Waals surface area contributed by atoms with Gasteiger partial charge in [-0.1, -0.05) is 72.3 Å². The third kappa shape index (κ3) is 2.35. The number of carbonyl (C=O) groups excluding carboxylic acids is 1. The molecule has 2 aromatic rings. The molecular formula is C19H16O. The van der Waals surface area contributed by atoms with Gasteiger partial charge in [0.1, 0.15) is 0 Å². The predicted octanol–water partition coefficient (Wildman–Crippen LogP) is 4.65. The van der Waals surface area contributed by atoms with Crippen LogP contribution < -0.4 is 0 Å². The van der Waals surface area contributed by atoms with Crippen LogP contribution in [0.2, 0.25) is 0 Å². The van der Waals surface area contributed by atoms with E-state index in [2.05, 4.69) is 19.1 Å². The fourth-order valence-corrected chi connectivity index (χ4v) is 2.56. The Kier molecular flexibility index (Phi) is 3.34. The molecule has 0 atom stereocenters. The lowest BCUT2D eigenvalue weighted by Crippen LogP contribution is -2.04. The summed E-state index contributed by atoms with van der Waals surface area (Å²) in [6, 6.07) is 17.3. The lowest BCUT2D eigenvalue weighted by Gasteiger charge is -2.09. The van der Waals surface area contributed by atoms with Gasteiger partial charge in [-0.15, -0.1) is 0 Å². The third-order valence-electron chi connectivity index (χ3n) is 3.60. The molecule has 0 saturated carbocycles. The first-order chi connectivity index (χ1) is 9.75. The molecule has 1 aliphatic rings. The summed E-state index contributed by atoms with van der Waals surface area (Å²) < 4.78 is 0. The van der Waals surface area contributed by atoms with Gasteiger partial charge in [0, 0.05) is 11.1 Å². The molecular weight excluding hydrogens is 244 g/mol. The van der Waals surface area contributed by atoms with Crippen molar-refractivity contribution in [2.75, 3.05) is 0 Å². The van der Waals surface area contributed by atoms with Gasteiger partial charge in [-0.3, -0.25) is 4.79 Å². The molecule has 0 amide bonds. The largest absolute Gasteiger partial charge is 0.289 e. The maximum Gasteiger partial charge on any atom is 0.193 e. The molecule has 98 valence electrons. The number of rotatable bonds is 3. The van der Waals surface area contributed by atoms with E-state index < -0.39 is 0 Å². The van der Waals surface area contributed by atoms with Crippen molar-refractivity contribution >= 4 is 11.4 Å². The summed E-state index contributed by atoms with van der Waals surface area (Å²) in [5, 5.41) is 0. The van der Waals surface area contributed by atoms with Crippen LogP contribution in [-0.4, -0.2) is 5.78 Å². The molecule has 20 heavy (non-hydrogen) atoms. The molecule has 2 aromatic carbocycles. The molecule has 1 nitrogen and oxygen atoms in total. The van der Waals surface area contributed by atoms with Crippen LogP contribution in [0.3, 0.4) is 0 Å². The van der Waals surface area contributed by atoms with E-state index in [0.29, 0.717) is 0 Å². The number of hydrogen-bond donors (Lipinski definition) is 0. The highest BCUT2D eigenvalue weighted by atomic mass is 16.1. The highest BCUT2D eigenvalue weighted by Crippen LogP contribution is 2.30. The summed E-state index contributed by atoms with van der Waals surface area (Å²) in [5.41, 5.74) is 5.06.